The first-order chi connectivity index (χ1) is 11.7. The Kier molecular flexibility index (Phi) is 3.81. The zero-order valence-corrected chi connectivity index (χ0v) is 14.9. The zero-order valence-electron chi connectivity index (χ0n) is 14.1. The highest BCUT2D eigenvalue weighted by atomic mass is 32.2. The first-order valence-corrected chi connectivity index (χ1v) is 9.11. The number of carbonyl (C=O) groups is 1. The van der Waals surface area contributed by atoms with Crippen molar-refractivity contribution >= 4 is 27.3 Å². The number of rotatable bonds is 3. The number of hydrogen-bond acceptors (Lipinski definition) is 4. The average molecular weight is 355 g/mol. The number of sulfonamides is 1. The van der Waals surface area contributed by atoms with Crippen molar-refractivity contribution in [3.8, 4) is 6.07 Å². The van der Waals surface area contributed by atoms with Gasteiger partial charge in [-0.1, -0.05) is 0 Å². The number of carbonyl (C=O) groups excluding carboxylic acids is 1. The topological polar surface area (TPSA) is 90.3 Å². The van der Waals surface area contributed by atoms with Gasteiger partial charge in [-0.05, 0) is 61.9 Å². The van der Waals surface area contributed by atoms with Crippen molar-refractivity contribution < 1.29 is 13.2 Å². The Morgan fingerprint density at radius 3 is 2.36 bits per heavy atom. The molecular weight excluding hydrogens is 338 g/mol. The van der Waals surface area contributed by atoms with Gasteiger partial charge >= 0.3 is 0 Å². The molecular formula is C18H17N3O3S. The molecule has 0 unspecified atom stereocenters. The molecule has 1 aliphatic rings. The smallest absolute Gasteiger partial charge is 0.261 e. The van der Waals surface area contributed by atoms with Gasteiger partial charge in [-0.15, -0.1) is 0 Å². The lowest BCUT2D eigenvalue weighted by Crippen LogP contribution is -2.33. The van der Waals surface area contributed by atoms with E-state index in [4.69, 9.17) is 5.26 Å². The number of benzene rings is 2. The SMILES string of the molecule is CN1C(=O)C(C)(C)c2cc(S(=O)(=O)Nc3ccc(C#N)cc3)ccc21. The fourth-order valence-electron chi connectivity index (χ4n) is 2.95. The lowest BCUT2D eigenvalue weighted by molar-refractivity contribution is -0.121. The molecule has 25 heavy (non-hydrogen) atoms. The molecule has 3 rings (SSSR count). The number of hydrogen-bond donors (Lipinski definition) is 1. The summed E-state index contributed by atoms with van der Waals surface area (Å²) in [6.45, 7) is 3.56. The number of anilines is 2. The third-order valence-electron chi connectivity index (χ3n) is 4.42. The van der Waals surface area contributed by atoms with Crippen LogP contribution in [0.4, 0.5) is 11.4 Å². The normalized spacial score (nSPS) is 15.6. The van der Waals surface area contributed by atoms with E-state index in [1.807, 2.05) is 6.07 Å². The third-order valence-corrected chi connectivity index (χ3v) is 5.80. The zero-order chi connectivity index (χ0) is 18.4. The van der Waals surface area contributed by atoms with Gasteiger partial charge in [0, 0.05) is 18.4 Å². The third kappa shape index (κ3) is 2.75. The van der Waals surface area contributed by atoms with Crippen molar-refractivity contribution in [3.05, 3.63) is 53.6 Å². The average Bonchev–Trinajstić information content (AvgIpc) is 2.76. The minimum atomic E-state index is -3.80. The number of amides is 1. The Labute approximate surface area is 146 Å². The van der Waals surface area contributed by atoms with Crippen LogP contribution >= 0.6 is 0 Å². The maximum Gasteiger partial charge on any atom is 0.261 e. The van der Waals surface area contributed by atoms with E-state index >= 15 is 0 Å². The predicted octanol–water partition coefficient (Wildman–Crippen LogP) is 2.61. The summed E-state index contributed by atoms with van der Waals surface area (Å²) >= 11 is 0. The van der Waals surface area contributed by atoms with Crippen molar-refractivity contribution in [2.75, 3.05) is 16.7 Å². The molecule has 0 saturated heterocycles. The summed E-state index contributed by atoms with van der Waals surface area (Å²) in [4.78, 5) is 14.0. The van der Waals surface area contributed by atoms with Crippen molar-refractivity contribution in [1.82, 2.24) is 0 Å². The second-order valence-corrected chi connectivity index (χ2v) is 8.15. The molecule has 0 atom stereocenters. The minimum Gasteiger partial charge on any atom is -0.314 e. The van der Waals surface area contributed by atoms with Crippen LogP contribution in [-0.2, 0) is 20.2 Å². The van der Waals surface area contributed by atoms with Crippen molar-refractivity contribution in [3.63, 3.8) is 0 Å². The Hall–Kier alpha value is -2.85. The second-order valence-electron chi connectivity index (χ2n) is 6.46. The number of likely N-dealkylation sites (N-methyl/N-ethyl adjacent to an activating group) is 1. The molecule has 1 aliphatic heterocycles. The largest absolute Gasteiger partial charge is 0.314 e. The monoisotopic (exact) mass is 355 g/mol. The van der Waals surface area contributed by atoms with Crippen LogP contribution in [0, 0.1) is 11.3 Å². The lowest BCUT2D eigenvalue weighted by Gasteiger charge is -2.17. The molecule has 7 heteroatoms. The summed E-state index contributed by atoms with van der Waals surface area (Å²) in [6.07, 6.45) is 0. The standard InChI is InChI=1S/C18H17N3O3S/c1-18(2)15-10-14(8-9-16(15)21(3)17(18)22)25(23,24)20-13-6-4-12(11-19)5-7-13/h4-10,20H,1-3H3. The minimum absolute atomic E-state index is 0.0721. The second kappa shape index (κ2) is 5.60. The van der Waals surface area contributed by atoms with Crippen LogP contribution in [0.1, 0.15) is 25.0 Å². The predicted molar refractivity (Wildman–Crippen MR) is 94.8 cm³/mol. The number of fused-ring (bicyclic) bond motifs is 1. The van der Waals surface area contributed by atoms with E-state index in [1.165, 1.54) is 30.3 Å². The molecule has 0 bridgehead atoms. The van der Waals surface area contributed by atoms with E-state index in [-0.39, 0.29) is 10.8 Å². The summed E-state index contributed by atoms with van der Waals surface area (Å²) in [6, 6.07) is 12.8. The Morgan fingerprint density at radius 1 is 1.12 bits per heavy atom. The van der Waals surface area contributed by atoms with Crippen LogP contribution in [0.2, 0.25) is 0 Å². The lowest BCUT2D eigenvalue weighted by atomic mass is 9.86. The van der Waals surface area contributed by atoms with Gasteiger partial charge in [0.15, 0.2) is 0 Å². The number of nitrogens with zero attached hydrogens (tertiary/aromatic N) is 2. The first kappa shape index (κ1) is 17.0. The molecule has 0 spiro atoms. The van der Waals surface area contributed by atoms with Gasteiger partial charge < -0.3 is 4.90 Å². The van der Waals surface area contributed by atoms with E-state index in [0.29, 0.717) is 22.5 Å². The van der Waals surface area contributed by atoms with E-state index in [2.05, 4.69) is 4.72 Å². The first-order valence-electron chi connectivity index (χ1n) is 7.62. The molecule has 0 aromatic heterocycles. The van der Waals surface area contributed by atoms with Gasteiger partial charge in [-0.3, -0.25) is 9.52 Å². The van der Waals surface area contributed by atoms with Gasteiger partial charge in [0.2, 0.25) is 5.91 Å². The highest BCUT2D eigenvalue weighted by Gasteiger charge is 2.42. The van der Waals surface area contributed by atoms with Crippen LogP contribution < -0.4 is 9.62 Å². The molecule has 1 heterocycles. The molecule has 1 amide bonds. The van der Waals surface area contributed by atoms with Crippen LogP contribution in [0.3, 0.4) is 0 Å². The van der Waals surface area contributed by atoms with Gasteiger partial charge in [0.25, 0.3) is 10.0 Å². The van der Waals surface area contributed by atoms with E-state index in [1.54, 1.807) is 37.9 Å². The van der Waals surface area contributed by atoms with E-state index in [9.17, 15) is 13.2 Å². The summed E-state index contributed by atoms with van der Waals surface area (Å²) in [5.74, 6) is -0.0721. The van der Waals surface area contributed by atoms with Crippen molar-refractivity contribution in [2.24, 2.45) is 0 Å². The number of nitriles is 1. The van der Waals surface area contributed by atoms with Gasteiger partial charge in [-0.25, -0.2) is 8.42 Å². The molecule has 1 N–H and O–H groups in total. The van der Waals surface area contributed by atoms with Gasteiger partial charge in [0.1, 0.15) is 0 Å². The van der Waals surface area contributed by atoms with Crippen LogP contribution in [0.25, 0.3) is 0 Å². The molecule has 0 radical (unpaired) electrons. The summed E-state index contributed by atoms with van der Waals surface area (Å²) < 4.78 is 27.8. The molecule has 0 fully saturated rings. The van der Waals surface area contributed by atoms with Crippen LogP contribution in [-0.4, -0.2) is 21.4 Å². The molecule has 6 nitrogen and oxygen atoms in total. The van der Waals surface area contributed by atoms with Crippen molar-refractivity contribution in [2.45, 2.75) is 24.2 Å². The molecule has 2 aromatic rings. The number of nitrogens with one attached hydrogen (secondary N) is 1. The summed E-state index contributed by atoms with van der Waals surface area (Å²) in [5, 5.41) is 8.80. The maximum absolute atomic E-state index is 12.7. The quantitative estimate of drug-likeness (QED) is 0.916. The van der Waals surface area contributed by atoms with E-state index in [0.717, 1.165) is 0 Å². The van der Waals surface area contributed by atoms with Crippen LogP contribution in [0.5, 0.6) is 0 Å². The molecule has 128 valence electrons. The molecule has 0 aliphatic carbocycles. The molecule has 2 aromatic carbocycles. The maximum atomic E-state index is 12.7. The summed E-state index contributed by atoms with van der Waals surface area (Å²) in [7, 11) is -2.12. The summed E-state index contributed by atoms with van der Waals surface area (Å²) in [5.41, 5.74) is 1.44. The van der Waals surface area contributed by atoms with E-state index < -0.39 is 15.4 Å². The Bertz CT molecular complexity index is 1000. The van der Waals surface area contributed by atoms with Gasteiger partial charge in [0.05, 0.1) is 21.9 Å². The van der Waals surface area contributed by atoms with Crippen LogP contribution in [0.15, 0.2) is 47.4 Å². The molecule has 0 saturated carbocycles. The van der Waals surface area contributed by atoms with Crippen molar-refractivity contribution in [1.29, 1.82) is 5.26 Å². The fraction of sp³-hybridized carbons (Fsp3) is 0.222. The van der Waals surface area contributed by atoms with Gasteiger partial charge in [-0.2, -0.15) is 5.26 Å². The fourth-order valence-corrected chi connectivity index (χ4v) is 4.03. The highest BCUT2D eigenvalue weighted by Crippen LogP contribution is 2.41. The highest BCUT2D eigenvalue weighted by molar-refractivity contribution is 7.92. The Balaban J connectivity index is 1.98. The Morgan fingerprint density at radius 2 is 1.76 bits per heavy atom.